The Kier molecular flexibility index (Phi) is 5.31. The van der Waals surface area contributed by atoms with Crippen molar-refractivity contribution in [1.82, 2.24) is 4.98 Å². The first kappa shape index (κ1) is 16.3. The number of aliphatic carboxylic acids is 1. The maximum Gasteiger partial charge on any atom is 0.305 e. The van der Waals surface area contributed by atoms with E-state index in [9.17, 15) is 4.79 Å². The van der Waals surface area contributed by atoms with Crippen molar-refractivity contribution < 1.29 is 9.90 Å². The van der Waals surface area contributed by atoms with Gasteiger partial charge in [-0.1, -0.05) is 30.3 Å². The van der Waals surface area contributed by atoms with Crippen molar-refractivity contribution in [2.24, 2.45) is 0 Å². The quantitative estimate of drug-likeness (QED) is 0.847. The van der Waals surface area contributed by atoms with Gasteiger partial charge in [0.2, 0.25) is 0 Å². The van der Waals surface area contributed by atoms with E-state index in [2.05, 4.69) is 26.9 Å². The molecule has 1 aromatic heterocycles. The Hall–Kier alpha value is -2.56. The third-order valence-electron chi connectivity index (χ3n) is 4.34. The topological polar surface area (TPSA) is 56.7 Å². The second-order valence-electron chi connectivity index (χ2n) is 6.12. The largest absolute Gasteiger partial charge is 0.481 e. The minimum absolute atomic E-state index is 0.112. The van der Waals surface area contributed by atoms with Crippen LogP contribution < -0.4 is 9.80 Å². The molecule has 0 bridgehead atoms. The molecule has 0 unspecified atom stereocenters. The average Bonchev–Trinajstić information content (AvgIpc) is 3.14. The molecular weight excluding hydrogens is 302 g/mol. The average molecular weight is 325 g/mol. The normalized spacial score (nSPS) is 13.9. The van der Waals surface area contributed by atoms with Crippen molar-refractivity contribution >= 4 is 17.5 Å². The van der Waals surface area contributed by atoms with Crippen LogP contribution in [0.15, 0.2) is 48.7 Å². The van der Waals surface area contributed by atoms with Crippen LogP contribution in [-0.2, 0) is 11.3 Å². The number of carboxylic acids is 1. The molecule has 1 N–H and O–H groups in total. The van der Waals surface area contributed by atoms with E-state index >= 15 is 0 Å². The fourth-order valence-corrected chi connectivity index (χ4v) is 3.03. The van der Waals surface area contributed by atoms with Gasteiger partial charge in [-0.3, -0.25) is 4.79 Å². The van der Waals surface area contributed by atoms with Crippen LogP contribution >= 0.6 is 0 Å². The third-order valence-corrected chi connectivity index (χ3v) is 4.34. The van der Waals surface area contributed by atoms with Gasteiger partial charge in [-0.25, -0.2) is 4.98 Å². The number of rotatable bonds is 7. The lowest BCUT2D eigenvalue weighted by molar-refractivity contribution is -0.136. The standard InChI is InChI=1S/C19H23N3O2/c23-19(24)10-13-22(15-16-6-2-1-3-7-16)17-8-9-18(20-14-17)21-11-4-5-12-21/h1-3,6-9,14H,4-5,10-13,15H2,(H,23,24). The van der Waals surface area contributed by atoms with Crippen LogP contribution in [0.4, 0.5) is 11.5 Å². The minimum Gasteiger partial charge on any atom is -0.481 e. The molecule has 5 nitrogen and oxygen atoms in total. The maximum absolute atomic E-state index is 11.0. The van der Waals surface area contributed by atoms with Crippen molar-refractivity contribution in [3.63, 3.8) is 0 Å². The highest BCUT2D eigenvalue weighted by atomic mass is 16.4. The Morgan fingerprint density at radius 2 is 1.88 bits per heavy atom. The molecule has 1 aliphatic heterocycles. The van der Waals surface area contributed by atoms with Gasteiger partial charge in [0.25, 0.3) is 0 Å². The molecule has 126 valence electrons. The molecule has 0 saturated carbocycles. The zero-order valence-electron chi connectivity index (χ0n) is 13.8. The van der Waals surface area contributed by atoms with Crippen molar-refractivity contribution in [3.05, 3.63) is 54.2 Å². The molecule has 24 heavy (non-hydrogen) atoms. The van der Waals surface area contributed by atoms with Crippen LogP contribution in [0, 0.1) is 0 Å². The van der Waals surface area contributed by atoms with E-state index in [4.69, 9.17) is 5.11 Å². The van der Waals surface area contributed by atoms with E-state index in [1.807, 2.05) is 36.5 Å². The maximum atomic E-state index is 11.0. The number of nitrogens with zero attached hydrogens (tertiary/aromatic N) is 3. The number of hydrogen-bond acceptors (Lipinski definition) is 4. The van der Waals surface area contributed by atoms with E-state index in [1.54, 1.807) is 0 Å². The summed E-state index contributed by atoms with van der Waals surface area (Å²) in [5.41, 5.74) is 2.12. The highest BCUT2D eigenvalue weighted by Gasteiger charge is 2.15. The zero-order valence-corrected chi connectivity index (χ0v) is 13.8. The van der Waals surface area contributed by atoms with Gasteiger partial charge in [0.15, 0.2) is 0 Å². The molecule has 1 aliphatic rings. The predicted molar refractivity (Wildman–Crippen MR) is 95.4 cm³/mol. The molecule has 3 rings (SSSR count). The number of carbonyl (C=O) groups is 1. The Morgan fingerprint density at radius 1 is 1.12 bits per heavy atom. The molecule has 1 fully saturated rings. The lowest BCUT2D eigenvalue weighted by atomic mass is 10.2. The van der Waals surface area contributed by atoms with E-state index in [0.717, 1.165) is 30.2 Å². The molecule has 1 saturated heterocycles. The van der Waals surface area contributed by atoms with Gasteiger partial charge in [0, 0.05) is 26.2 Å². The minimum atomic E-state index is -0.783. The first-order valence-electron chi connectivity index (χ1n) is 8.44. The molecule has 0 radical (unpaired) electrons. The van der Waals surface area contributed by atoms with Crippen LogP contribution in [0.1, 0.15) is 24.8 Å². The Balaban J connectivity index is 1.74. The van der Waals surface area contributed by atoms with Crippen LogP contribution in [0.2, 0.25) is 0 Å². The highest BCUT2D eigenvalue weighted by Crippen LogP contribution is 2.22. The highest BCUT2D eigenvalue weighted by molar-refractivity contribution is 5.67. The van der Waals surface area contributed by atoms with Crippen molar-refractivity contribution in [2.45, 2.75) is 25.8 Å². The van der Waals surface area contributed by atoms with Gasteiger partial charge in [-0.05, 0) is 30.5 Å². The lowest BCUT2D eigenvalue weighted by Crippen LogP contribution is -2.26. The van der Waals surface area contributed by atoms with Gasteiger partial charge in [-0.2, -0.15) is 0 Å². The molecule has 0 spiro atoms. The number of benzene rings is 1. The van der Waals surface area contributed by atoms with Gasteiger partial charge in [0.05, 0.1) is 18.3 Å². The van der Waals surface area contributed by atoms with E-state index in [-0.39, 0.29) is 6.42 Å². The van der Waals surface area contributed by atoms with E-state index < -0.39 is 5.97 Å². The van der Waals surface area contributed by atoms with Crippen molar-refractivity contribution in [2.75, 3.05) is 29.4 Å². The van der Waals surface area contributed by atoms with E-state index in [1.165, 1.54) is 12.8 Å². The SMILES string of the molecule is O=C(O)CCN(Cc1ccccc1)c1ccc(N2CCCC2)nc1. The molecule has 0 aliphatic carbocycles. The molecule has 5 heteroatoms. The second-order valence-corrected chi connectivity index (χ2v) is 6.12. The summed E-state index contributed by atoms with van der Waals surface area (Å²) in [7, 11) is 0. The first-order valence-corrected chi connectivity index (χ1v) is 8.44. The summed E-state index contributed by atoms with van der Waals surface area (Å²) >= 11 is 0. The molecule has 1 aromatic carbocycles. The molecule has 0 amide bonds. The molecular formula is C19H23N3O2. The lowest BCUT2D eigenvalue weighted by Gasteiger charge is -2.25. The summed E-state index contributed by atoms with van der Waals surface area (Å²) in [6, 6.07) is 14.2. The Labute approximate surface area is 142 Å². The Morgan fingerprint density at radius 3 is 2.50 bits per heavy atom. The van der Waals surface area contributed by atoms with Crippen LogP contribution in [0.25, 0.3) is 0 Å². The summed E-state index contributed by atoms with van der Waals surface area (Å²) in [5.74, 6) is 0.226. The fourth-order valence-electron chi connectivity index (χ4n) is 3.03. The number of carboxylic acid groups (broad SMARTS) is 1. The first-order chi connectivity index (χ1) is 11.7. The molecule has 2 heterocycles. The zero-order chi connectivity index (χ0) is 16.8. The van der Waals surface area contributed by atoms with Crippen LogP contribution in [0.5, 0.6) is 0 Å². The van der Waals surface area contributed by atoms with Crippen LogP contribution in [0.3, 0.4) is 0 Å². The summed E-state index contributed by atoms with van der Waals surface area (Å²) < 4.78 is 0. The van der Waals surface area contributed by atoms with Gasteiger partial charge in [0.1, 0.15) is 5.82 Å². The number of aromatic nitrogens is 1. The van der Waals surface area contributed by atoms with E-state index in [0.29, 0.717) is 13.1 Å². The monoisotopic (exact) mass is 325 g/mol. The summed E-state index contributed by atoms with van der Waals surface area (Å²) in [5, 5.41) is 9.01. The second kappa shape index (κ2) is 7.81. The molecule has 2 aromatic rings. The number of anilines is 2. The summed E-state index contributed by atoms with van der Waals surface area (Å²) in [6.07, 6.45) is 4.42. The number of hydrogen-bond donors (Lipinski definition) is 1. The summed E-state index contributed by atoms with van der Waals surface area (Å²) in [4.78, 5) is 19.9. The summed E-state index contributed by atoms with van der Waals surface area (Å²) in [6.45, 7) is 3.28. The van der Waals surface area contributed by atoms with Gasteiger partial charge >= 0.3 is 5.97 Å². The third kappa shape index (κ3) is 4.25. The smallest absolute Gasteiger partial charge is 0.305 e. The van der Waals surface area contributed by atoms with Gasteiger partial charge in [-0.15, -0.1) is 0 Å². The number of pyridine rings is 1. The van der Waals surface area contributed by atoms with Crippen molar-refractivity contribution in [3.8, 4) is 0 Å². The van der Waals surface area contributed by atoms with Gasteiger partial charge < -0.3 is 14.9 Å². The van der Waals surface area contributed by atoms with Crippen LogP contribution in [-0.4, -0.2) is 35.7 Å². The molecule has 0 atom stereocenters. The Bertz CT molecular complexity index is 652. The predicted octanol–water partition coefficient (Wildman–Crippen LogP) is 3.16. The fraction of sp³-hybridized carbons (Fsp3) is 0.368. The van der Waals surface area contributed by atoms with Crippen molar-refractivity contribution in [1.29, 1.82) is 0 Å².